The summed E-state index contributed by atoms with van der Waals surface area (Å²) in [4.78, 5) is 10.5. The summed E-state index contributed by atoms with van der Waals surface area (Å²) in [5.41, 5.74) is 3.30. The van der Waals surface area contributed by atoms with Crippen LogP contribution < -0.4 is 0 Å². The monoisotopic (exact) mass is 284 g/mol. The van der Waals surface area contributed by atoms with Crippen LogP contribution in [-0.2, 0) is 11.2 Å². The molecular weight excluding hydrogens is 264 g/mol. The fourth-order valence-corrected chi connectivity index (χ4v) is 2.30. The predicted molar refractivity (Wildman–Crippen MR) is 82.1 cm³/mol. The summed E-state index contributed by atoms with van der Waals surface area (Å²) in [5, 5.41) is 18.6. The molecule has 21 heavy (non-hydrogen) atoms. The molecule has 1 unspecified atom stereocenters. The van der Waals surface area contributed by atoms with Crippen molar-refractivity contribution in [3.05, 3.63) is 71.3 Å². The minimum absolute atomic E-state index is 0.100. The number of carboxylic acid groups (broad SMARTS) is 1. The SMILES string of the molecule is O=C(O)CCCC(O)c1ccc(Cc2ccccc2)cc1. The zero-order valence-corrected chi connectivity index (χ0v) is 11.9. The van der Waals surface area contributed by atoms with Gasteiger partial charge in [-0.1, -0.05) is 54.6 Å². The summed E-state index contributed by atoms with van der Waals surface area (Å²) in [6.45, 7) is 0. The Bertz CT molecular complexity index is 561. The first kappa shape index (κ1) is 15.3. The molecule has 0 radical (unpaired) electrons. The second-order valence-corrected chi connectivity index (χ2v) is 5.21. The maximum absolute atomic E-state index is 10.5. The Morgan fingerprint density at radius 3 is 2.19 bits per heavy atom. The summed E-state index contributed by atoms with van der Waals surface area (Å²) in [6.07, 6.45) is 1.35. The topological polar surface area (TPSA) is 57.5 Å². The van der Waals surface area contributed by atoms with E-state index < -0.39 is 12.1 Å². The number of rotatable bonds is 7. The third-order valence-electron chi connectivity index (χ3n) is 3.48. The fraction of sp³-hybridized carbons (Fsp3) is 0.278. The van der Waals surface area contributed by atoms with E-state index in [0.29, 0.717) is 12.8 Å². The van der Waals surface area contributed by atoms with Crippen molar-refractivity contribution in [2.24, 2.45) is 0 Å². The van der Waals surface area contributed by atoms with Crippen LogP contribution in [0, 0.1) is 0 Å². The van der Waals surface area contributed by atoms with Crippen LogP contribution in [0.1, 0.15) is 42.1 Å². The molecule has 0 saturated carbocycles. The molecule has 0 saturated heterocycles. The van der Waals surface area contributed by atoms with Crippen molar-refractivity contribution in [1.82, 2.24) is 0 Å². The second kappa shape index (κ2) is 7.60. The number of aliphatic hydroxyl groups is 1. The highest BCUT2D eigenvalue weighted by Gasteiger charge is 2.08. The molecular formula is C18H20O3. The molecule has 0 aromatic heterocycles. The van der Waals surface area contributed by atoms with E-state index in [4.69, 9.17) is 5.11 Å². The number of hydrogen-bond acceptors (Lipinski definition) is 2. The molecule has 3 nitrogen and oxygen atoms in total. The van der Waals surface area contributed by atoms with Crippen LogP contribution in [-0.4, -0.2) is 16.2 Å². The smallest absolute Gasteiger partial charge is 0.303 e. The van der Waals surface area contributed by atoms with Gasteiger partial charge in [-0.25, -0.2) is 0 Å². The Hall–Kier alpha value is -2.13. The summed E-state index contributed by atoms with van der Waals surface area (Å²) >= 11 is 0. The molecule has 110 valence electrons. The van der Waals surface area contributed by atoms with Gasteiger partial charge in [-0.3, -0.25) is 4.79 Å². The fourth-order valence-electron chi connectivity index (χ4n) is 2.30. The Balaban J connectivity index is 1.90. The Labute approximate surface area is 124 Å². The number of aliphatic carboxylic acids is 1. The van der Waals surface area contributed by atoms with Crippen molar-refractivity contribution in [2.75, 3.05) is 0 Å². The van der Waals surface area contributed by atoms with E-state index in [0.717, 1.165) is 12.0 Å². The van der Waals surface area contributed by atoms with Crippen molar-refractivity contribution >= 4 is 5.97 Å². The summed E-state index contributed by atoms with van der Waals surface area (Å²) in [5.74, 6) is -0.819. The highest BCUT2D eigenvalue weighted by Crippen LogP contribution is 2.20. The van der Waals surface area contributed by atoms with Gasteiger partial charge in [0.15, 0.2) is 0 Å². The quantitative estimate of drug-likeness (QED) is 0.817. The van der Waals surface area contributed by atoms with Crippen molar-refractivity contribution in [3.63, 3.8) is 0 Å². The van der Waals surface area contributed by atoms with E-state index in [9.17, 15) is 9.90 Å². The predicted octanol–water partition coefficient (Wildman–Crippen LogP) is 3.57. The van der Waals surface area contributed by atoms with E-state index in [-0.39, 0.29) is 6.42 Å². The zero-order chi connectivity index (χ0) is 15.1. The van der Waals surface area contributed by atoms with Gasteiger partial charge in [0.1, 0.15) is 0 Å². The molecule has 0 fully saturated rings. The summed E-state index contributed by atoms with van der Waals surface area (Å²) in [6, 6.07) is 18.1. The van der Waals surface area contributed by atoms with E-state index >= 15 is 0 Å². The lowest BCUT2D eigenvalue weighted by Crippen LogP contribution is -2.01. The standard InChI is InChI=1S/C18H20O3/c19-17(7-4-8-18(20)21)16-11-9-15(10-12-16)13-14-5-2-1-3-6-14/h1-3,5-6,9-12,17,19H,4,7-8,13H2,(H,20,21). The number of benzene rings is 2. The van der Waals surface area contributed by atoms with Gasteiger partial charge in [0.05, 0.1) is 6.10 Å². The molecule has 1 atom stereocenters. The number of carboxylic acids is 1. The minimum Gasteiger partial charge on any atom is -0.481 e. The largest absolute Gasteiger partial charge is 0.481 e. The molecule has 2 aromatic rings. The number of aliphatic hydroxyl groups excluding tert-OH is 1. The Morgan fingerprint density at radius 1 is 0.952 bits per heavy atom. The normalized spacial score (nSPS) is 12.0. The van der Waals surface area contributed by atoms with Crippen LogP contribution in [0.3, 0.4) is 0 Å². The number of hydrogen-bond donors (Lipinski definition) is 2. The van der Waals surface area contributed by atoms with Crippen molar-refractivity contribution in [1.29, 1.82) is 0 Å². The highest BCUT2D eigenvalue weighted by atomic mass is 16.4. The van der Waals surface area contributed by atoms with Gasteiger partial charge in [0.2, 0.25) is 0 Å². The molecule has 0 amide bonds. The molecule has 3 heteroatoms. The van der Waals surface area contributed by atoms with Gasteiger partial charge in [0.25, 0.3) is 0 Å². The molecule has 0 heterocycles. The highest BCUT2D eigenvalue weighted by molar-refractivity contribution is 5.66. The Morgan fingerprint density at radius 2 is 1.57 bits per heavy atom. The summed E-state index contributed by atoms with van der Waals surface area (Å²) in [7, 11) is 0. The minimum atomic E-state index is -0.819. The van der Waals surface area contributed by atoms with Gasteiger partial charge in [-0.15, -0.1) is 0 Å². The lowest BCUT2D eigenvalue weighted by Gasteiger charge is -2.11. The molecule has 2 aromatic carbocycles. The van der Waals surface area contributed by atoms with E-state index in [2.05, 4.69) is 12.1 Å². The van der Waals surface area contributed by atoms with Gasteiger partial charge in [0, 0.05) is 6.42 Å². The molecule has 0 bridgehead atoms. The van der Waals surface area contributed by atoms with Crippen LogP contribution in [0.15, 0.2) is 54.6 Å². The number of carbonyl (C=O) groups is 1. The van der Waals surface area contributed by atoms with Crippen molar-refractivity contribution in [3.8, 4) is 0 Å². The van der Waals surface area contributed by atoms with E-state index in [1.807, 2.05) is 42.5 Å². The first-order chi connectivity index (χ1) is 10.1. The van der Waals surface area contributed by atoms with Gasteiger partial charge in [-0.05, 0) is 36.0 Å². The van der Waals surface area contributed by atoms with Crippen molar-refractivity contribution < 1.29 is 15.0 Å². The lowest BCUT2D eigenvalue weighted by atomic mass is 9.99. The maximum Gasteiger partial charge on any atom is 0.303 e. The van der Waals surface area contributed by atoms with Crippen LogP contribution in [0.4, 0.5) is 0 Å². The molecule has 0 aliphatic rings. The van der Waals surface area contributed by atoms with E-state index in [1.54, 1.807) is 0 Å². The molecule has 0 spiro atoms. The first-order valence-electron chi connectivity index (χ1n) is 7.18. The molecule has 0 aliphatic carbocycles. The Kier molecular flexibility index (Phi) is 5.52. The maximum atomic E-state index is 10.5. The third-order valence-corrected chi connectivity index (χ3v) is 3.48. The van der Waals surface area contributed by atoms with Gasteiger partial charge in [-0.2, -0.15) is 0 Å². The van der Waals surface area contributed by atoms with Crippen LogP contribution in [0.2, 0.25) is 0 Å². The third kappa shape index (κ3) is 5.04. The zero-order valence-electron chi connectivity index (χ0n) is 11.9. The average molecular weight is 284 g/mol. The van der Waals surface area contributed by atoms with Crippen LogP contribution in [0.25, 0.3) is 0 Å². The van der Waals surface area contributed by atoms with E-state index in [1.165, 1.54) is 11.1 Å². The summed E-state index contributed by atoms with van der Waals surface area (Å²) < 4.78 is 0. The molecule has 2 N–H and O–H groups in total. The second-order valence-electron chi connectivity index (χ2n) is 5.21. The van der Waals surface area contributed by atoms with Crippen LogP contribution in [0.5, 0.6) is 0 Å². The molecule has 0 aliphatic heterocycles. The molecule has 2 rings (SSSR count). The first-order valence-corrected chi connectivity index (χ1v) is 7.18. The van der Waals surface area contributed by atoms with Gasteiger partial charge >= 0.3 is 5.97 Å². The van der Waals surface area contributed by atoms with Crippen molar-refractivity contribution in [2.45, 2.75) is 31.8 Å². The van der Waals surface area contributed by atoms with Gasteiger partial charge < -0.3 is 10.2 Å². The van der Waals surface area contributed by atoms with Crippen LogP contribution >= 0.6 is 0 Å². The average Bonchev–Trinajstić information content (AvgIpc) is 2.48. The lowest BCUT2D eigenvalue weighted by molar-refractivity contribution is -0.137.